The minimum atomic E-state index is -0.502. The average Bonchev–Trinajstić information content (AvgIpc) is 2.97. The number of nitrogens with zero attached hydrogens (tertiary/aromatic N) is 5. The number of hydrogen-bond acceptors (Lipinski definition) is 6. The summed E-state index contributed by atoms with van der Waals surface area (Å²) in [6.45, 7) is 1.96. The van der Waals surface area contributed by atoms with E-state index in [1.807, 2.05) is 11.6 Å². The molecule has 0 radical (unpaired) electrons. The van der Waals surface area contributed by atoms with Gasteiger partial charge in [-0.05, 0) is 43.0 Å². The van der Waals surface area contributed by atoms with E-state index < -0.39 is 5.54 Å². The fourth-order valence-electron chi connectivity index (χ4n) is 2.65. The molecular weight excluding hydrogens is 272 g/mol. The van der Waals surface area contributed by atoms with E-state index >= 15 is 0 Å². The molecule has 0 aliphatic heterocycles. The first-order valence-electron chi connectivity index (χ1n) is 7.30. The Bertz CT molecular complexity index is 499. The lowest BCUT2D eigenvalue weighted by Crippen LogP contribution is -2.44. The predicted octanol–water partition coefficient (Wildman–Crippen LogP) is 1.91. The lowest BCUT2D eigenvalue weighted by molar-refractivity contribution is 0.422. The van der Waals surface area contributed by atoms with Gasteiger partial charge in [0, 0.05) is 11.8 Å². The third kappa shape index (κ3) is 3.13. The molecule has 1 heterocycles. The van der Waals surface area contributed by atoms with E-state index in [0.29, 0.717) is 17.8 Å². The van der Waals surface area contributed by atoms with Crippen molar-refractivity contribution >= 4 is 11.8 Å². The summed E-state index contributed by atoms with van der Waals surface area (Å²) in [6.07, 6.45) is 7.20. The van der Waals surface area contributed by atoms with Gasteiger partial charge >= 0.3 is 0 Å². The maximum atomic E-state index is 9.39. The zero-order chi connectivity index (χ0) is 14.0. The van der Waals surface area contributed by atoms with E-state index in [1.165, 1.54) is 25.7 Å². The maximum Gasteiger partial charge on any atom is 0.209 e. The van der Waals surface area contributed by atoms with Gasteiger partial charge in [0.05, 0.1) is 12.1 Å². The zero-order valence-corrected chi connectivity index (χ0v) is 12.6. The molecule has 0 saturated heterocycles. The Morgan fingerprint density at radius 2 is 2.15 bits per heavy atom. The monoisotopic (exact) mass is 292 g/mol. The van der Waals surface area contributed by atoms with Crippen LogP contribution in [0.25, 0.3) is 0 Å². The van der Waals surface area contributed by atoms with Crippen LogP contribution in [0.1, 0.15) is 51.5 Å². The molecule has 108 valence electrons. The molecule has 0 aromatic carbocycles. The molecule has 1 unspecified atom stereocenters. The van der Waals surface area contributed by atoms with E-state index in [9.17, 15) is 5.26 Å². The Hall–Kier alpha value is -1.13. The summed E-state index contributed by atoms with van der Waals surface area (Å²) < 4.78 is 1.95. The fraction of sp³-hybridized carbons (Fsp3) is 0.846. The van der Waals surface area contributed by atoms with Crippen molar-refractivity contribution in [3.05, 3.63) is 0 Å². The molecular formula is C13H20N6S. The molecule has 1 atom stereocenters. The highest BCUT2D eigenvalue weighted by molar-refractivity contribution is 7.99. The minimum absolute atomic E-state index is 0.442. The van der Waals surface area contributed by atoms with Gasteiger partial charge in [0.2, 0.25) is 5.16 Å². The van der Waals surface area contributed by atoms with Crippen molar-refractivity contribution in [3.63, 3.8) is 0 Å². The van der Waals surface area contributed by atoms with Crippen LogP contribution in [0.4, 0.5) is 0 Å². The third-order valence-corrected chi connectivity index (χ3v) is 5.22. The standard InChI is InChI=1S/C13H20N6S/c1-13(8-14,15-10-6-7-10)9-20-12-16-17-18-19(12)11-4-2-3-5-11/h10-11,15H,2-7,9H2,1H3. The number of thioether (sulfide) groups is 1. The molecule has 20 heavy (non-hydrogen) atoms. The third-order valence-electron chi connectivity index (χ3n) is 3.97. The molecule has 0 spiro atoms. The van der Waals surface area contributed by atoms with Gasteiger partial charge in [0.1, 0.15) is 5.54 Å². The Kier molecular flexibility index (Phi) is 3.94. The first-order valence-corrected chi connectivity index (χ1v) is 8.28. The van der Waals surface area contributed by atoms with Gasteiger partial charge in [0.15, 0.2) is 0 Å². The van der Waals surface area contributed by atoms with Crippen LogP contribution < -0.4 is 5.32 Å². The Morgan fingerprint density at radius 1 is 1.40 bits per heavy atom. The molecule has 0 amide bonds. The van der Waals surface area contributed by atoms with Crippen molar-refractivity contribution in [2.24, 2.45) is 0 Å². The van der Waals surface area contributed by atoms with Gasteiger partial charge < -0.3 is 0 Å². The normalized spacial score (nSPS) is 22.6. The Morgan fingerprint density at radius 3 is 2.80 bits per heavy atom. The largest absolute Gasteiger partial charge is 0.296 e. The number of nitriles is 1. The van der Waals surface area contributed by atoms with E-state index in [1.54, 1.807) is 11.8 Å². The fourth-order valence-corrected chi connectivity index (χ4v) is 3.63. The minimum Gasteiger partial charge on any atom is -0.296 e. The summed E-state index contributed by atoms with van der Waals surface area (Å²) in [5.41, 5.74) is -0.502. The van der Waals surface area contributed by atoms with Gasteiger partial charge in [0.25, 0.3) is 0 Å². The highest BCUT2D eigenvalue weighted by atomic mass is 32.2. The van der Waals surface area contributed by atoms with Crippen molar-refractivity contribution in [1.29, 1.82) is 5.26 Å². The maximum absolute atomic E-state index is 9.39. The molecule has 6 nitrogen and oxygen atoms in total. The quantitative estimate of drug-likeness (QED) is 0.807. The number of nitrogens with one attached hydrogen (secondary N) is 1. The van der Waals surface area contributed by atoms with E-state index in [0.717, 1.165) is 18.0 Å². The van der Waals surface area contributed by atoms with Crippen molar-refractivity contribution in [2.75, 3.05) is 5.75 Å². The molecule has 2 saturated carbocycles. The highest BCUT2D eigenvalue weighted by Crippen LogP contribution is 2.32. The summed E-state index contributed by atoms with van der Waals surface area (Å²) in [4.78, 5) is 0. The van der Waals surface area contributed by atoms with Crippen LogP contribution in [0.2, 0.25) is 0 Å². The number of aromatic nitrogens is 4. The van der Waals surface area contributed by atoms with Crippen LogP contribution in [-0.4, -0.2) is 37.5 Å². The first-order chi connectivity index (χ1) is 9.70. The van der Waals surface area contributed by atoms with Crippen LogP contribution in [0.5, 0.6) is 0 Å². The first kappa shape index (κ1) is 13.8. The van der Waals surface area contributed by atoms with E-state index in [4.69, 9.17) is 0 Å². The van der Waals surface area contributed by atoms with E-state index in [-0.39, 0.29) is 0 Å². The molecule has 1 aromatic rings. The van der Waals surface area contributed by atoms with Gasteiger partial charge in [-0.15, -0.1) is 5.10 Å². The Labute approximate surface area is 123 Å². The molecule has 3 rings (SSSR count). The van der Waals surface area contributed by atoms with Crippen LogP contribution >= 0.6 is 11.8 Å². The summed E-state index contributed by atoms with van der Waals surface area (Å²) in [7, 11) is 0. The second-order valence-electron chi connectivity index (χ2n) is 6.00. The smallest absolute Gasteiger partial charge is 0.209 e. The van der Waals surface area contributed by atoms with Gasteiger partial charge in [-0.1, -0.05) is 24.6 Å². The van der Waals surface area contributed by atoms with Gasteiger partial charge in [-0.25, -0.2) is 4.68 Å². The second kappa shape index (κ2) is 5.70. The van der Waals surface area contributed by atoms with Gasteiger partial charge in [-0.3, -0.25) is 5.32 Å². The summed E-state index contributed by atoms with van der Waals surface area (Å²) in [6, 6.07) is 3.35. The highest BCUT2D eigenvalue weighted by Gasteiger charge is 2.33. The number of hydrogen-bond donors (Lipinski definition) is 1. The Balaban J connectivity index is 1.62. The summed E-state index contributed by atoms with van der Waals surface area (Å²) in [5.74, 6) is 0.674. The van der Waals surface area contributed by atoms with Crippen LogP contribution in [-0.2, 0) is 0 Å². The number of tetrazole rings is 1. The topological polar surface area (TPSA) is 79.4 Å². The van der Waals surface area contributed by atoms with Crippen molar-refractivity contribution in [2.45, 2.75) is 68.2 Å². The lowest BCUT2D eigenvalue weighted by atomic mass is 10.1. The zero-order valence-electron chi connectivity index (χ0n) is 11.7. The van der Waals surface area contributed by atoms with Crippen molar-refractivity contribution < 1.29 is 0 Å². The molecule has 0 bridgehead atoms. The van der Waals surface area contributed by atoms with Crippen LogP contribution in [0.15, 0.2) is 5.16 Å². The molecule has 2 aliphatic carbocycles. The van der Waals surface area contributed by atoms with Crippen molar-refractivity contribution in [1.82, 2.24) is 25.5 Å². The molecule has 1 N–H and O–H groups in total. The molecule has 2 aliphatic rings. The molecule has 7 heteroatoms. The molecule has 1 aromatic heterocycles. The van der Waals surface area contributed by atoms with Crippen molar-refractivity contribution in [3.8, 4) is 6.07 Å². The number of rotatable bonds is 6. The lowest BCUT2D eigenvalue weighted by Gasteiger charge is -2.22. The predicted molar refractivity (Wildman–Crippen MR) is 76.2 cm³/mol. The molecule has 2 fully saturated rings. The van der Waals surface area contributed by atoms with Crippen LogP contribution in [0, 0.1) is 11.3 Å². The summed E-state index contributed by atoms with van der Waals surface area (Å²) >= 11 is 1.58. The van der Waals surface area contributed by atoms with Gasteiger partial charge in [-0.2, -0.15) is 5.26 Å². The summed E-state index contributed by atoms with van der Waals surface area (Å²) in [5, 5.41) is 25.7. The average molecular weight is 292 g/mol. The second-order valence-corrected chi connectivity index (χ2v) is 6.94. The SMILES string of the molecule is CC(C#N)(CSc1nnnn1C1CCCC1)NC1CC1. The van der Waals surface area contributed by atoms with Crippen LogP contribution in [0.3, 0.4) is 0 Å². The van der Waals surface area contributed by atoms with E-state index in [2.05, 4.69) is 26.9 Å².